The van der Waals surface area contributed by atoms with Gasteiger partial charge in [-0.05, 0) is 37.6 Å². The molecule has 0 aliphatic carbocycles. The average molecular weight is 408 g/mol. The van der Waals surface area contributed by atoms with Crippen molar-refractivity contribution in [2.75, 3.05) is 13.1 Å². The van der Waals surface area contributed by atoms with Crippen LogP contribution >= 0.6 is 0 Å². The van der Waals surface area contributed by atoms with E-state index in [-0.39, 0.29) is 17.4 Å². The van der Waals surface area contributed by atoms with Gasteiger partial charge in [0.1, 0.15) is 17.3 Å². The second-order valence-electron chi connectivity index (χ2n) is 7.22. The standard InChI is InChI=1S/C22H21FN4O3/c1-14(30-17-6-4-5-16(23)11-17)22(29)27-10-8-15(13-27)19-12-20(28)26-21(25-19)18-7-2-3-9-24-18/h2-7,9,11-12,14-15H,8,10,13H2,1H3,(H,25,26,28)/t14-,15+/m1/s1. The van der Waals surface area contributed by atoms with E-state index >= 15 is 0 Å². The van der Waals surface area contributed by atoms with E-state index in [0.29, 0.717) is 42.5 Å². The van der Waals surface area contributed by atoms with Crippen molar-refractivity contribution in [2.45, 2.75) is 25.4 Å². The Morgan fingerprint density at radius 1 is 1.27 bits per heavy atom. The molecule has 1 saturated heterocycles. The first kappa shape index (κ1) is 19.8. The highest BCUT2D eigenvalue weighted by Gasteiger charge is 2.32. The van der Waals surface area contributed by atoms with Gasteiger partial charge in [-0.3, -0.25) is 14.6 Å². The van der Waals surface area contributed by atoms with Crippen molar-refractivity contribution in [1.82, 2.24) is 19.9 Å². The molecule has 1 aromatic carbocycles. The Morgan fingerprint density at radius 3 is 2.90 bits per heavy atom. The van der Waals surface area contributed by atoms with Crippen molar-refractivity contribution >= 4 is 5.91 Å². The molecule has 0 unspecified atom stereocenters. The molecule has 1 aliphatic rings. The Labute approximate surface area is 172 Å². The molecular weight excluding hydrogens is 387 g/mol. The number of aromatic nitrogens is 3. The number of likely N-dealkylation sites (tertiary alicyclic amines) is 1. The lowest BCUT2D eigenvalue weighted by atomic mass is 10.0. The predicted molar refractivity (Wildman–Crippen MR) is 109 cm³/mol. The minimum atomic E-state index is -0.748. The quantitative estimate of drug-likeness (QED) is 0.701. The number of nitrogens with zero attached hydrogens (tertiary/aromatic N) is 3. The third-order valence-corrected chi connectivity index (χ3v) is 5.04. The van der Waals surface area contributed by atoms with Gasteiger partial charge in [-0.15, -0.1) is 0 Å². The first-order chi connectivity index (χ1) is 14.5. The van der Waals surface area contributed by atoms with E-state index in [9.17, 15) is 14.0 Å². The zero-order chi connectivity index (χ0) is 21.1. The number of carbonyl (C=O) groups excluding carboxylic acids is 1. The summed E-state index contributed by atoms with van der Waals surface area (Å²) in [5.74, 6) is 0.0580. The molecule has 1 N–H and O–H groups in total. The molecule has 4 rings (SSSR count). The Kier molecular flexibility index (Phi) is 5.56. The normalized spacial score (nSPS) is 17.0. The van der Waals surface area contributed by atoms with Gasteiger partial charge in [0, 0.05) is 37.3 Å². The summed E-state index contributed by atoms with van der Waals surface area (Å²) in [4.78, 5) is 38.1. The van der Waals surface area contributed by atoms with Crippen molar-refractivity contribution in [3.63, 3.8) is 0 Å². The van der Waals surface area contributed by atoms with Crippen LogP contribution in [-0.4, -0.2) is 45.0 Å². The number of carbonyl (C=O) groups is 1. The van der Waals surface area contributed by atoms with Gasteiger partial charge in [-0.25, -0.2) is 9.37 Å². The number of hydrogen-bond acceptors (Lipinski definition) is 5. The molecule has 0 radical (unpaired) electrons. The van der Waals surface area contributed by atoms with Crippen LogP contribution in [0.4, 0.5) is 4.39 Å². The van der Waals surface area contributed by atoms with Crippen LogP contribution in [0.2, 0.25) is 0 Å². The number of amides is 1. The Hall–Kier alpha value is -3.55. The van der Waals surface area contributed by atoms with Gasteiger partial charge in [-0.2, -0.15) is 0 Å². The van der Waals surface area contributed by atoms with Crippen LogP contribution in [0.5, 0.6) is 5.75 Å². The Balaban J connectivity index is 1.46. The molecule has 3 aromatic rings. The highest BCUT2D eigenvalue weighted by Crippen LogP contribution is 2.27. The molecule has 3 heterocycles. The average Bonchev–Trinajstić information content (AvgIpc) is 3.24. The zero-order valence-corrected chi connectivity index (χ0v) is 16.4. The lowest BCUT2D eigenvalue weighted by Crippen LogP contribution is -2.39. The van der Waals surface area contributed by atoms with Crippen LogP contribution in [0.3, 0.4) is 0 Å². The number of benzene rings is 1. The molecule has 154 valence electrons. The van der Waals surface area contributed by atoms with Gasteiger partial charge in [0.2, 0.25) is 0 Å². The smallest absolute Gasteiger partial charge is 0.263 e. The maximum atomic E-state index is 13.3. The van der Waals surface area contributed by atoms with E-state index in [2.05, 4.69) is 15.0 Å². The SMILES string of the molecule is C[C@@H](Oc1cccc(F)c1)C(=O)N1CC[C@H](c2cc(=O)[nH]c(-c3ccccn3)n2)C1. The van der Waals surface area contributed by atoms with E-state index < -0.39 is 11.9 Å². The number of halogens is 1. The number of H-pyrrole nitrogens is 1. The summed E-state index contributed by atoms with van der Waals surface area (Å²) in [5.41, 5.74) is 0.959. The van der Waals surface area contributed by atoms with Gasteiger partial charge in [0.15, 0.2) is 11.9 Å². The largest absolute Gasteiger partial charge is 0.481 e. The molecule has 2 atom stereocenters. The Bertz CT molecular complexity index is 1100. The zero-order valence-electron chi connectivity index (χ0n) is 16.4. The fraction of sp³-hybridized carbons (Fsp3) is 0.273. The summed E-state index contributed by atoms with van der Waals surface area (Å²) in [7, 11) is 0. The lowest BCUT2D eigenvalue weighted by molar-refractivity contribution is -0.136. The van der Waals surface area contributed by atoms with E-state index in [4.69, 9.17) is 4.74 Å². The summed E-state index contributed by atoms with van der Waals surface area (Å²) < 4.78 is 18.9. The molecule has 2 aromatic heterocycles. The van der Waals surface area contributed by atoms with Crippen LogP contribution in [0.25, 0.3) is 11.5 Å². The summed E-state index contributed by atoms with van der Waals surface area (Å²) >= 11 is 0. The summed E-state index contributed by atoms with van der Waals surface area (Å²) in [6.07, 6.45) is 1.58. The van der Waals surface area contributed by atoms with Crippen molar-refractivity contribution in [3.05, 3.63) is 76.6 Å². The van der Waals surface area contributed by atoms with E-state index in [1.807, 2.05) is 6.07 Å². The van der Waals surface area contributed by atoms with Crippen LogP contribution in [0.1, 0.15) is 25.0 Å². The topological polar surface area (TPSA) is 88.2 Å². The van der Waals surface area contributed by atoms with E-state index in [0.717, 1.165) is 0 Å². The number of aromatic amines is 1. The van der Waals surface area contributed by atoms with Crippen molar-refractivity contribution < 1.29 is 13.9 Å². The molecule has 30 heavy (non-hydrogen) atoms. The van der Waals surface area contributed by atoms with E-state index in [1.165, 1.54) is 24.3 Å². The third kappa shape index (κ3) is 4.37. The fourth-order valence-electron chi connectivity index (χ4n) is 3.56. The van der Waals surface area contributed by atoms with Gasteiger partial charge in [0.25, 0.3) is 11.5 Å². The number of rotatable bonds is 5. The summed E-state index contributed by atoms with van der Waals surface area (Å²) in [5, 5.41) is 0. The molecule has 1 amide bonds. The molecule has 1 fully saturated rings. The highest BCUT2D eigenvalue weighted by molar-refractivity contribution is 5.81. The minimum Gasteiger partial charge on any atom is -0.481 e. The van der Waals surface area contributed by atoms with E-state index in [1.54, 1.807) is 36.2 Å². The Morgan fingerprint density at radius 2 is 2.13 bits per heavy atom. The van der Waals surface area contributed by atoms with Crippen molar-refractivity contribution in [1.29, 1.82) is 0 Å². The molecule has 0 saturated carbocycles. The first-order valence-corrected chi connectivity index (χ1v) is 9.73. The van der Waals surface area contributed by atoms with Crippen molar-refractivity contribution in [2.24, 2.45) is 0 Å². The van der Waals surface area contributed by atoms with Crippen LogP contribution in [0.15, 0.2) is 59.5 Å². The minimum absolute atomic E-state index is 0.0555. The maximum absolute atomic E-state index is 13.3. The predicted octanol–water partition coefficient (Wildman–Crippen LogP) is 2.75. The molecule has 8 heteroatoms. The maximum Gasteiger partial charge on any atom is 0.263 e. The highest BCUT2D eigenvalue weighted by atomic mass is 19.1. The lowest BCUT2D eigenvalue weighted by Gasteiger charge is -2.22. The van der Waals surface area contributed by atoms with Gasteiger partial charge in [-0.1, -0.05) is 12.1 Å². The first-order valence-electron chi connectivity index (χ1n) is 9.73. The number of hydrogen-bond donors (Lipinski definition) is 1. The molecule has 0 spiro atoms. The van der Waals surface area contributed by atoms with Crippen molar-refractivity contribution in [3.8, 4) is 17.3 Å². The summed E-state index contributed by atoms with van der Waals surface area (Å²) in [6, 6.07) is 12.6. The summed E-state index contributed by atoms with van der Waals surface area (Å²) in [6.45, 7) is 2.62. The third-order valence-electron chi connectivity index (χ3n) is 5.04. The fourth-order valence-corrected chi connectivity index (χ4v) is 3.56. The second kappa shape index (κ2) is 8.44. The molecule has 0 bridgehead atoms. The van der Waals surface area contributed by atoms with Gasteiger partial charge in [0.05, 0.1) is 5.69 Å². The molecule has 1 aliphatic heterocycles. The monoisotopic (exact) mass is 408 g/mol. The van der Waals surface area contributed by atoms with Crippen LogP contribution in [0, 0.1) is 5.82 Å². The molecule has 7 nitrogen and oxygen atoms in total. The number of ether oxygens (including phenoxy) is 1. The van der Waals surface area contributed by atoms with Crippen LogP contribution < -0.4 is 10.3 Å². The van der Waals surface area contributed by atoms with Gasteiger partial charge >= 0.3 is 0 Å². The number of pyridine rings is 1. The molecular formula is C22H21FN4O3. The van der Waals surface area contributed by atoms with Crippen LogP contribution in [-0.2, 0) is 4.79 Å². The second-order valence-corrected chi connectivity index (χ2v) is 7.22. The number of nitrogens with one attached hydrogen (secondary N) is 1. The van der Waals surface area contributed by atoms with Gasteiger partial charge < -0.3 is 14.6 Å².